The summed E-state index contributed by atoms with van der Waals surface area (Å²) in [6.07, 6.45) is 1.71. The number of nitrogens with zero attached hydrogens (tertiary/aromatic N) is 2. The lowest BCUT2D eigenvalue weighted by Gasteiger charge is -2.20. The van der Waals surface area contributed by atoms with Crippen LogP contribution in [0.1, 0.15) is 21.0 Å². The minimum atomic E-state index is -3.62. The zero-order chi connectivity index (χ0) is 15.8. The molecule has 114 valence electrons. The Morgan fingerprint density at radius 3 is 2.43 bits per heavy atom. The van der Waals surface area contributed by atoms with Gasteiger partial charge in [-0.25, -0.2) is 13.4 Å². The molecule has 1 aromatic carbocycles. The van der Waals surface area contributed by atoms with Crippen LogP contribution in [0.5, 0.6) is 0 Å². The van der Waals surface area contributed by atoms with Crippen LogP contribution in [-0.4, -0.2) is 24.8 Å². The van der Waals surface area contributed by atoms with Crippen molar-refractivity contribution in [3.8, 4) is 0 Å². The summed E-state index contributed by atoms with van der Waals surface area (Å²) in [5.41, 5.74) is 7.73. The molecule has 0 fully saturated rings. The highest BCUT2D eigenvalue weighted by atomic mass is 32.2. The van der Waals surface area contributed by atoms with Crippen LogP contribution in [-0.2, 0) is 16.6 Å². The summed E-state index contributed by atoms with van der Waals surface area (Å²) in [5, 5.41) is 0.919. The monoisotopic (exact) mass is 325 g/mol. The molecule has 0 unspecified atom stereocenters. The van der Waals surface area contributed by atoms with Crippen LogP contribution >= 0.6 is 11.3 Å². The van der Waals surface area contributed by atoms with Gasteiger partial charge in [-0.05, 0) is 31.9 Å². The number of rotatable bonds is 4. The van der Waals surface area contributed by atoms with Crippen LogP contribution in [0.15, 0.2) is 23.2 Å². The fourth-order valence-corrected chi connectivity index (χ4v) is 4.55. The van der Waals surface area contributed by atoms with Gasteiger partial charge < -0.3 is 5.73 Å². The third-order valence-electron chi connectivity index (χ3n) is 3.33. The summed E-state index contributed by atoms with van der Waals surface area (Å²) < 4.78 is 26.9. The molecule has 0 radical (unpaired) electrons. The molecule has 0 aliphatic heterocycles. The van der Waals surface area contributed by atoms with Gasteiger partial charge in [-0.1, -0.05) is 12.1 Å². The van der Waals surface area contributed by atoms with Gasteiger partial charge in [0.05, 0.1) is 10.7 Å². The number of anilines is 1. The number of nitrogen functional groups attached to an aromatic ring is 1. The van der Waals surface area contributed by atoms with E-state index in [0.29, 0.717) is 17.8 Å². The zero-order valence-electron chi connectivity index (χ0n) is 12.5. The van der Waals surface area contributed by atoms with Crippen molar-refractivity contribution in [3.63, 3.8) is 0 Å². The lowest BCUT2D eigenvalue weighted by Crippen LogP contribution is -2.27. The van der Waals surface area contributed by atoms with Gasteiger partial charge in [0.1, 0.15) is 4.90 Å². The molecule has 21 heavy (non-hydrogen) atoms. The van der Waals surface area contributed by atoms with Gasteiger partial charge in [-0.15, -0.1) is 11.3 Å². The lowest BCUT2D eigenvalue weighted by atomic mass is 10.1. The number of hydrogen-bond acceptors (Lipinski definition) is 5. The summed E-state index contributed by atoms with van der Waals surface area (Å²) in [7, 11) is -2.06. The number of benzene rings is 1. The van der Waals surface area contributed by atoms with Gasteiger partial charge >= 0.3 is 0 Å². The average molecular weight is 325 g/mol. The van der Waals surface area contributed by atoms with Crippen molar-refractivity contribution in [1.82, 2.24) is 9.29 Å². The summed E-state index contributed by atoms with van der Waals surface area (Å²) in [6, 6.07) is 3.61. The molecule has 0 amide bonds. The summed E-state index contributed by atoms with van der Waals surface area (Å²) in [4.78, 5) is 5.25. The molecule has 1 aromatic heterocycles. The molecule has 0 spiro atoms. The summed E-state index contributed by atoms with van der Waals surface area (Å²) in [6.45, 7) is 5.75. The van der Waals surface area contributed by atoms with Gasteiger partial charge in [-0.2, -0.15) is 4.31 Å². The Morgan fingerprint density at radius 2 is 1.86 bits per heavy atom. The second-order valence-corrected chi connectivity index (χ2v) is 8.35. The molecule has 0 atom stereocenters. The van der Waals surface area contributed by atoms with Crippen molar-refractivity contribution in [3.05, 3.63) is 39.3 Å². The van der Waals surface area contributed by atoms with Crippen LogP contribution in [0.25, 0.3) is 0 Å². The van der Waals surface area contributed by atoms with Crippen LogP contribution in [0.3, 0.4) is 0 Å². The molecule has 0 aliphatic carbocycles. The fraction of sp³-hybridized carbons (Fsp3) is 0.357. The van der Waals surface area contributed by atoms with E-state index in [0.717, 1.165) is 15.4 Å². The van der Waals surface area contributed by atoms with Crippen molar-refractivity contribution in [2.24, 2.45) is 0 Å². The van der Waals surface area contributed by atoms with E-state index in [1.807, 2.05) is 13.0 Å². The quantitative estimate of drug-likeness (QED) is 0.876. The molecule has 2 rings (SSSR count). The molecule has 5 nitrogen and oxygen atoms in total. The van der Waals surface area contributed by atoms with E-state index < -0.39 is 10.0 Å². The van der Waals surface area contributed by atoms with Crippen molar-refractivity contribution >= 4 is 27.0 Å². The van der Waals surface area contributed by atoms with Crippen molar-refractivity contribution in [2.75, 3.05) is 12.8 Å². The van der Waals surface area contributed by atoms with Gasteiger partial charge in [-0.3, -0.25) is 0 Å². The maximum atomic E-state index is 12.8. The highest BCUT2D eigenvalue weighted by molar-refractivity contribution is 7.89. The Hall–Kier alpha value is -1.44. The zero-order valence-corrected chi connectivity index (χ0v) is 14.2. The first-order valence-electron chi connectivity index (χ1n) is 6.47. The minimum Gasteiger partial charge on any atom is -0.397 e. The van der Waals surface area contributed by atoms with E-state index in [1.54, 1.807) is 33.2 Å². The van der Waals surface area contributed by atoms with E-state index in [1.165, 1.54) is 15.6 Å². The summed E-state index contributed by atoms with van der Waals surface area (Å²) >= 11 is 1.49. The van der Waals surface area contributed by atoms with E-state index in [4.69, 9.17) is 5.73 Å². The van der Waals surface area contributed by atoms with Gasteiger partial charge in [0.2, 0.25) is 10.0 Å². The van der Waals surface area contributed by atoms with E-state index in [-0.39, 0.29) is 4.90 Å². The van der Waals surface area contributed by atoms with Crippen LogP contribution < -0.4 is 5.73 Å². The average Bonchev–Trinajstić information content (AvgIpc) is 2.79. The summed E-state index contributed by atoms with van der Waals surface area (Å²) in [5.74, 6) is 0. The van der Waals surface area contributed by atoms with Crippen molar-refractivity contribution in [1.29, 1.82) is 0 Å². The van der Waals surface area contributed by atoms with Gasteiger partial charge in [0, 0.05) is 24.7 Å². The van der Waals surface area contributed by atoms with Gasteiger partial charge in [0.25, 0.3) is 0 Å². The highest BCUT2D eigenvalue weighted by Crippen LogP contribution is 2.29. The fourth-order valence-electron chi connectivity index (χ4n) is 2.09. The number of aryl methyl sites for hydroxylation is 3. The second kappa shape index (κ2) is 5.75. The van der Waals surface area contributed by atoms with Crippen molar-refractivity contribution < 1.29 is 8.42 Å². The normalized spacial score (nSPS) is 12.0. The Kier molecular flexibility index (Phi) is 4.36. The first-order chi connectivity index (χ1) is 9.73. The minimum absolute atomic E-state index is 0.200. The first-order valence-corrected chi connectivity index (χ1v) is 8.72. The van der Waals surface area contributed by atoms with E-state index in [9.17, 15) is 8.42 Å². The maximum absolute atomic E-state index is 12.8. The number of sulfonamides is 1. The van der Waals surface area contributed by atoms with Crippen molar-refractivity contribution in [2.45, 2.75) is 32.2 Å². The Morgan fingerprint density at radius 1 is 1.24 bits per heavy atom. The van der Waals surface area contributed by atoms with Gasteiger partial charge in [0.15, 0.2) is 0 Å². The van der Waals surface area contributed by atoms with Crippen LogP contribution in [0, 0.1) is 20.8 Å². The Labute approximate surface area is 129 Å². The number of thiazole rings is 1. The predicted octanol–water partition coefficient (Wildman–Crippen LogP) is 2.47. The topological polar surface area (TPSA) is 76.3 Å². The smallest absolute Gasteiger partial charge is 0.245 e. The molecule has 2 aromatic rings. The molecule has 7 heteroatoms. The molecule has 0 saturated heterocycles. The molecular weight excluding hydrogens is 306 g/mol. The standard InChI is InChI=1S/C14H19N3O2S2/c1-9-5-6-10(2)14(13(9)15)21(18,19)17(4)8-12-7-16-11(3)20-12/h5-7H,8,15H2,1-4H3. The number of aromatic nitrogens is 1. The molecular formula is C14H19N3O2S2. The first kappa shape index (κ1) is 15.9. The third-order valence-corrected chi connectivity index (χ3v) is 6.23. The van der Waals surface area contributed by atoms with E-state index >= 15 is 0 Å². The Bertz CT molecular complexity index is 767. The third kappa shape index (κ3) is 3.09. The molecule has 1 heterocycles. The largest absolute Gasteiger partial charge is 0.397 e. The number of nitrogens with two attached hydrogens (primary N) is 1. The number of hydrogen-bond donors (Lipinski definition) is 1. The van der Waals surface area contributed by atoms with Crippen LogP contribution in [0.2, 0.25) is 0 Å². The lowest BCUT2D eigenvalue weighted by molar-refractivity contribution is 0.469. The molecule has 0 bridgehead atoms. The molecule has 2 N–H and O–H groups in total. The highest BCUT2D eigenvalue weighted by Gasteiger charge is 2.26. The Balaban J connectivity index is 2.40. The van der Waals surface area contributed by atoms with E-state index in [2.05, 4.69) is 4.98 Å². The van der Waals surface area contributed by atoms with Crippen LogP contribution in [0.4, 0.5) is 5.69 Å². The SMILES string of the molecule is Cc1ncc(CN(C)S(=O)(=O)c2c(C)ccc(C)c2N)s1. The predicted molar refractivity (Wildman–Crippen MR) is 85.8 cm³/mol. The molecule has 0 saturated carbocycles. The molecule has 0 aliphatic rings. The maximum Gasteiger partial charge on any atom is 0.245 e. The second-order valence-electron chi connectivity index (χ2n) is 5.05.